The van der Waals surface area contributed by atoms with Gasteiger partial charge in [-0.25, -0.2) is 4.79 Å². The van der Waals surface area contributed by atoms with E-state index in [1.54, 1.807) is 24.3 Å². The summed E-state index contributed by atoms with van der Waals surface area (Å²) in [6.45, 7) is 0. The molecule has 0 spiro atoms. The minimum Gasteiger partial charge on any atom is -0.308 e. The van der Waals surface area contributed by atoms with E-state index < -0.39 is 0 Å². The van der Waals surface area contributed by atoms with Crippen LogP contribution in [-0.2, 0) is 0 Å². The highest BCUT2D eigenvalue weighted by molar-refractivity contribution is 9.10. The van der Waals surface area contributed by atoms with E-state index in [0.717, 1.165) is 4.47 Å². The van der Waals surface area contributed by atoms with Gasteiger partial charge in [0.1, 0.15) is 0 Å². The summed E-state index contributed by atoms with van der Waals surface area (Å²) in [5.41, 5.74) is 1.36. The molecular weight excluding hydrogens is 316 g/mol. The van der Waals surface area contributed by atoms with E-state index in [4.69, 9.17) is 11.6 Å². The van der Waals surface area contributed by atoms with Crippen molar-refractivity contribution in [3.63, 3.8) is 0 Å². The molecule has 2 rings (SSSR count). The Morgan fingerprint density at radius 2 is 1.61 bits per heavy atom. The van der Waals surface area contributed by atoms with Crippen molar-refractivity contribution in [2.45, 2.75) is 0 Å². The highest BCUT2D eigenvalue weighted by Gasteiger charge is 2.03. The quantitative estimate of drug-likeness (QED) is 0.822. The average molecular weight is 326 g/mol. The number of hydrogen-bond acceptors (Lipinski definition) is 1. The van der Waals surface area contributed by atoms with Crippen LogP contribution in [0.3, 0.4) is 0 Å². The maximum absolute atomic E-state index is 11.7. The largest absolute Gasteiger partial charge is 0.323 e. The number of anilines is 2. The van der Waals surface area contributed by atoms with Crippen LogP contribution in [0, 0.1) is 0 Å². The topological polar surface area (TPSA) is 41.1 Å². The number of urea groups is 1. The molecule has 92 valence electrons. The van der Waals surface area contributed by atoms with Crippen molar-refractivity contribution in [1.82, 2.24) is 0 Å². The predicted molar refractivity (Wildman–Crippen MR) is 78.2 cm³/mol. The van der Waals surface area contributed by atoms with Gasteiger partial charge < -0.3 is 10.6 Å². The summed E-state index contributed by atoms with van der Waals surface area (Å²) >= 11 is 9.17. The molecule has 2 aromatic rings. The molecule has 0 aliphatic carbocycles. The maximum atomic E-state index is 11.7. The van der Waals surface area contributed by atoms with E-state index in [9.17, 15) is 4.79 Å². The molecule has 3 nitrogen and oxygen atoms in total. The molecule has 0 fully saturated rings. The van der Waals surface area contributed by atoms with Crippen molar-refractivity contribution >= 4 is 44.9 Å². The van der Waals surface area contributed by atoms with Gasteiger partial charge in [0.2, 0.25) is 0 Å². The van der Waals surface area contributed by atoms with Crippen LogP contribution >= 0.6 is 27.5 Å². The smallest absolute Gasteiger partial charge is 0.308 e. The summed E-state index contributed by atoms with van der Waals surface area (Å²) in [6, 6.07) is 14.0. The molecule has 0 radical (unpaired) electrons. The van der Waals surface area contributed by atoms with Gasteiger partial charge in [0.15, 0.2) is 0 Å². The van der Waals surface area contributed by atoms with Gasteiger partial charge in [0.25, 0.3) is 0 Å². The summed E-state index contributed by atoms with van der Waals surface area (Å²) in [5, 5.41) is 6.01. The maximum Gasteiger partial charge on any atom is 0.323 e. The van der Waals surface area contributed by atoms with Crippen LogP contribution in [0.25, 0.3) is 0 Å². The third kappa shape index (κ3) is 3.75. The first-order chi connectivity index (χ1) is 8.63. The Balaban J connectivity index is 2.01. The van der Waals surface area contributed by atoms with Gasteiger partial charge in [-0.3, -0.25) is 0 Å². The first-order valence-electron chi connectivity index (χ1n) is 5.22. The number of nitrogens with one attached hydrogen (secondary N) is 2. The van der Waals surface area contributed by atoms with Crippen LogP contribution in [0.2, 0.25) is 5.02 Å². The van der Waals surface area contributed by atoms with Gasteiger partial charge in [-0.15, -0.1) is 0 Å². The molecule has 2 N–H and O–H groups in total. The average Bonchev–Trinajstić information content (AvgIpc) is 2.28. The molecule has 2 amide bonds. The molecule has 0 aromatic heterocycles. The van der Waals surface area contributed by atoms with Crippen molar-refractivity contribution < 1.29 is 4.79 Å². The van der Waals surface area contributed by atoms with Gasteiger partial charge in [-0.2, -0.15) is 0 Å². The fourth-order valence-electron chi connectivity index (χ4n) is 1.43. The Morgan fingerprint density at radius 1 is 1.00 bits per heavy atom. The lowest BCUT2D eigenvalue weighted by Gasteiger charge is -2.08. The zero-order valence-electron chi connectivity index (χ0n) is 9.28. The van der Waals surface area contributed by atoms with Crippen molar-refractivity contribution in [3.05, 3.63) is 58.0 Å². The van der Waals surface area contributed by atoms with Gasteiger partial charge in [-0.1, -0.05) is 39.7 Å². The summed E-state index contributed by atoms with van der Waals surface area (Å²) in [7, 11) is 0. The number of amides is 2. The fourth-order valence-corrected chi connectivity index (χ4v) is 2.02. The van der Waals surface area contributed by atoms with Gasteiger partial charge >= 0.3 is 6.03 Å². The minimum absolute atomic E-state index is 0.310. The Hall–Kier alpha value is -1.52. The lowest BCUT2D eigenvalue weighted by Crippen LogP contribution is -2.19. The predicted octanol–water partition coefficient (Wildman–Crippen LogP) is 4.75. The van der Waals surface area contributed by atoms with Crippen molar-refractivity contribution in [2.24, 2.45) is 0 Å². The van der Waals surface area contributed by atoms with Gasteiger partial charge in [-0.05, 0) is 36.4 Å². The van der Waals surface area contributed by atoms with Crippen LogP contribution in [-0.4, -0.2) is 6.03 Å². The molecule has 0 heterocycles. The molecule has 0 aliphatic rings. The summed E-state index contributed by atoms with van der Waals surface area (Å²) in [5.74, 6) is 0. The number of carbonyl (C=O) groups excluding carboxylic acids is 1. The number of benzene rings is 2. The second kappa shape index (κ2) is 5.89. The highest BCUT2D eigenvalue weighted by Crippen LogP contribution is 2.17. The molecule has 0 atom stereocenters. The van der Waals surface area contributed by atoms with E-state index >= 15 is 0 Å². The molecule has 0 saturated heterocycles. The monoisotopic (exact) mass is 324 g/mol. The summed E-state index contributed by atoms with van der Waals surface area (Å²) in [4.78, 5) is 11.7. The zero-order valence-corrected chi connectivity index (χ0v) is 11.6. The molecule has 0 unspecified atom stereocenters. The number of rotatable bonds is 2. The number of hydrogen-bond donors (Lipinski definition) is 2. The van der Waals surface area contributed by atoms with Crippen LogP contribution in [0.15, 0.2) is 53.0 Å². The number of halogens is 2. The van der Waals surface area contributed by atoms with E-state index in [1.165, 1.54) is 0 Å². The minimum atomic E-state index is -0.310. The molecule has 0 aliphatic heterocycles. The number of carbonyl (C=O) groups is 1. The molecule has 0 bridgehead atoms. The SMILES string of the molecule is O=C(Nc1cccc(Cl)c1)Nc1cccc(Br)c1. The lowest BCUT2D eigenvalue weighted by molar-refractivity contribution is 0.262. The first kappa shape index (κ1) is 12.9. The first-order valence-corrected chi connectivity index (χ1v) is 6.40. The van der Waals surface area contributed by atoms with Gasteiger partial charge in [0.05, 0.1) is 0 Å². The van der Waals surface area contributed by atoms with Crippen molar-refractivity contribution in [1.29, 1.82) is 0 Å². The van der Waals surface area contributed by atoms with Crippen LogP contribution in [0.1, 0.15) is 0 Å². The van der Waals surface area contributed by atoms with Crippen LogP contribution in [0.5, 0.6) is 0 Å². The molecule has 5 heteroatoms. The summed E-state index contributed by atoms with van der Waals surface area (Å²) in [6.07, 6.45) is 0. The third-order valence-corrected chi connectivity index (χ3v) is 2.89. The van der Waals surface area contributed by atoms with Crippen LogP contribution < -0.4 is 10.6 Å². The Labute approximate surface area is 118 Å². The standard InChI is InChI=1S/C13H10BrClN2O/c14-9-3-1-5-11(7-9)16-13(18)17-12-6-2-4-10(15)8-12/h1-8H,(H2,16,17,18). The zero-order chi connectivity index (χ0) is 13.0. The van der Waals surface area contributed by atoms with E-state index in [-0.39, 0.29) is 6.03 Å². The molecule has 2 aromatic carbocycles. The Bertz CT molecular complexity index is 525. The Morgan fingerprint density at radius 3 is 2.22 bits per heavy atom. The second-order valence-corrected chi connectivity index (χ2v) is 4.95. The van der Waals surface area contributed by atoms with Gasteiger partial charge in [0, 0.05) is 20.9 Å². The molecule has 0 saturated carbocycles. The normalized spacial score (nSPS) is 9.89. The summed E-state index contributed by atoms with van der Waals surface area (Å²) < 4.78 is 0.906. The van der Waals surface area contributed by atoms with E-state index in [0.29, 0.717) is 16.4 Å². The highest BCUT2D eigenvalue weighted by atomic mass is 79.9. The fraction of sp³-hybridized carbons (Fsp3) is 0. The van der Waals surface area contributed by atoms with Crippen molar-refractivity contribution in [3.8, 4) is 0 Å². The van der Waals surface area contributed by atoms with Crippen molar-refractivity contribution in [2.75, 3.05) is 10.6 Å². The third-order valence-electron chi connectivity index (χ3n) is 2.16. The second-order valence-electron chi connectivity index (χ2n) is 3.60. The molecule has 18 heavy (non-hydrogen) atoms. The van der Waals surface area contributed by atoms with Crippen LogP contribution in [0.4, 0.5) is 16.2 Å². The van der Waals surface area contributed by atoms with E-state index in [1.807, 2.05) is 24.3 Å². The lowest BCUT2D eigenvalue weighted by atomic mass is 10.3. The molecular formula is C13H10BrClN2O. The Kier molecular flexibility index (Phi) is 4.23. The van der Waals surface area contributed by atoms with E-state index in [2.05, 4.69) is 26.6 Å².